The van der Waals surface area contributed by atoms with Crippen LogP contribution in [0.1, 0.15) is 22.9 Å². The minimum absolute atomic E-state index is 0.175. The molecule has 3 aromatic rings. The van der Waals surface area contributed by atoms with Crippen molar-refractivity contribution in [2.45, 2.75) is 26.4 Å². The first kappa shape index (κ1) is 17.2. The molecule has 0 aliphatic carbocycles. The van der Waals surface area contributed by atoms with Gasteiger partial charge in [0.2, 0.25) is 0 Å². The summed E-state index contributed by atoms with van der Waals surface area (Å²) in [5.74, 6) is 0.175. The summed E-state index contributed by atoms with van der Waals surface area (Å²) in [5, 5.41) is 10.9. The van der Waals surface area contributed by atoms with Gasteiger partial charge in [0.05, 0.1) is 15.7 Å². The Hall–Kier alpha value is -1.63. The molecule has 0 aliphatic heterocycles. The second-order valence-corrected chi connectivity index (χ2v) is 8.49. The Morgan fingerprint density at radius 1 is 1.21 bits per heavy atom. The van der Waals surface area contributed by atoms with Crippen molar-refractivity contribution in [2.75, 3.05) is 7.05 Å². The van der Waals surface area contributed by atoms with Crippen LogP contribution in [0.4, 0.5) is 0 Å². The lowest BCUT2D eigenvalue weighted by Crippen LogP contribution is -3.06. The van der Waals surface area contributed by atoms with E-state index in [9.17, 15) is 9.90 Å². The van der Waals surface area contributed by atoms with Gasteiger partial charge in [-0.3, -0.25) is 0 Å². The highest BCUT2D eigenvalue weighted by molar-refractivity contribution is 9.11. The van der Waals surface area contributed by atoms with Gasteiger partial charge in [0.15, 0.2) is 0 Å². The molecular weight excluding hydrogens is 390 g/mol. The van der Waals surface area contributed by atoms with E-state index in [1.165, 1.54) is 9.78 Å². The number of aromatic hydroxyl groups is 1. The summed E-state index contributed by atoms with van der Waals surface area (Å²) in [5.41, 5.74) is 1.87. The normalized spacial score (nSPS) is 12.6. The third-order valence-corrected chi connectivity index (χ3v) is 5.63. The van der Waals surface area contributed by atoms with Crippen molar-refractivity contribution in [2.24, 2.45) is 0 Å². The zero-order valence-electron chi connectivity index (χ0n) is 13.6. The Morgan fingerprint density at radius 3 is 2.67 bits per heavy atom. The van der Waals surface area contributed by atoms with Crippen molar-refractivity contribution in [1.29, 1.82) is 0 Å². The molecule has 2 heterocycles. The summed E-state index contributed by atoms with van der Waals surface area (Å²) in [6, 6.07) is 9.20. The third kappa shape index (κ3) is 3.71. The van der Waals surface area contributed by atoms with Crippen molar-refractivity contribution in [3.8, 4) is 5.75 Å². The SMILES string of the molecule is CCc1cc2c(C[NH+](C)Cc3ccc(Br)s3)cc(=O)oc2cc1O. The van der Waals surface area contributed by atoms with Gasteiger partial charge < -0.3 is 14.4 Å². The number of benzene rings is 1. The number of rotatable bonds is 5. The molecule has 1 atom stereocenters. The third-order valence-electron chi connectivity index (χ3n) is 4.01. The van der Waals surface area contributed by atoms with Crippen LogP contribution in [-0.4, -0.2) is 12.2 Å². The maximum Gasteiger partial charge on any atom is 0.336 e. The highest BCUT2D eigenvalue weighted by atomic mass is 79.9. The fourth-order valence-corrected chi connectivity index (χ4v) is 4.47. The van der Waals surface area contributed by atoms with Gasteiger partial charge in [0, 0.05) is 23.1 Å². The molecule has 0 spiro atoms. The summed E-state index contributed by atoms with van der Waals surface area (Å²) < 4.78 is 6.38. The Labute approximate surface area is 152 Å². The molecule has 0 radical (unpaired) electrons. The molecule has 0 saturated carbocycles. The van der Waals surface area contributed by atoms with Gasteiger partial charge in [0.1, 0.15) is 24.4 Å². The van der Waals surface area contributed by atoms with Gasteiger partial charge in [0.25, 0.3) is 0 Å². The average Bonchev–Trinajstić information content (AvgIpc) is 2.91. The first-order valence-corrected chi connectivity index (χ1v) is 9.41. The fourth-order valence-electron chi connectivity index (χ4n) is 2.87. The van der Waals surface area contributed by atoms with Crippen molar-refractivity contribution in [3.63, 3.8) is 0 Å². The van der Waals surface area contributed by atoms with E-state index in [1.807, 2.05) is 13.0 Å². The minimum atomic E-state index is -0.382. The van der Waals surface area contributed by atoms with Crippen molar-refractivity contribution < 1.29 is 14.4 Å². The largest absolute Gasteiger partial charge is 0.508 e. The number of hydrogen-bond donors (Lipinski definition) is 2. The molecule has 3 rings (SSSR count). The van der Waals surface area contributed by atoms with Crippen LogP contribution in [0.25, 0.3) is 11.0 Å². The second-order valence-electron chi connectivity index (χ2n) is 5.94. The summed E-state index contributed by atoms with van der Waals surface area (Å²) in [6.07, 6.45) is 0.728. The van der Waals surface area contributed by atoms with Crippen molar-refractivity contribution >= 4 is 38.2 Å². The maximum absolute atomic E-state index is 11.9. The minimum Gasteiger partial charge on any atom is -0.508 e. The number of thiophene rings is 1. The zero-order chi connectivity index (χ0) is 17.3. The van der Waals surface area contributed by atoms with E-state index in [0.29, 0.717) is 12.1 Å². The lowest BCUT2D eigenvalue weighted by molar-refractivity contribution is -0.907. The van der Waals surface area contributed by atoms with Crippen LogP contribution in [-0.2, 0) is 19.5 Å². The van der Waals surface area contributed by atoms with Gasteiger partial charge in [-0.25, -0.2) is 4.79 Å². The van der Waals surface area contributed by atoms with Crippen molar-refractivity contribution in [1.82, 2.24) is 0 Å². The van der Waals surface area contributed by atoms with Gasteiger partial charge >= 0.3 is 5.63 Å². The Balaban J connectivity index is 1.94. The first-order valence-electron chi connectivity index (χ1n) is 7.80. The molecule has 0 bridgehead atoms. The fraction of sp³-hybridized carbons (Fsp3) is 0.278. The monoisotopic (exact) mass is 408 g/mol. The number of hydrogen-bond acceptors (Lipinski definition) is 4. The Morgan fingerprint density at radius 2 is 2.00 bits per heavy atom. The quantitative estimate of drug-likeness (QED) is 0.637. The summed E-state index contributed by atoms with van der Waals surface area (Å²) in [6.45, 7) is 3.59. The van der Waals surface area contributed by atoms with E-state index in [0.717, 1.165) is 33.3 Å². The smallest absolute Gasteiger partial charge is 0.336 e. The molecule has 2 aromatic heterocycles. The summed E-state index contributed by atoms with van der Waals surface area (Å²) >= 11 is 5.21. The topological polar surface area (TPSA) is 54.9 Å². The number of fused-ring (bicyclic) bond motifs is 1. The highest BCUT2D eigenvalue weighted by Gasteiger charge is 2.14. The van der Waals surface area contributed by atoms with Crippen molar-refractivity contribution in [3.05, 3.63) is 60.5 Å². The van der Waals surface area contributed by atoms with Gasteiger partial charge in [-0.15, -0.1) is 11.3 Å². The molecule has 6 heteroatoms. The molecular formula is C18H19BrNO3S+. The summed E-state index contributed by atoms with van der Waals surface area (Å²) in [7, 11) is 2.11. The average molecular weight is 409 g/mol. The predicted octanol–water partition coefficient (Wildman–Crippen LogP) is 3.10. The van der Waals surface area contributed by atoms with E-state index in [1.54, 1.807) is 23.5 Å². The van der Waals surface area contributed by atoms with Crippen LogP contribution in [0.15, 0.2) is 43.3 Å². The van der Waals surface area contributed by atoms with Gasteiger partial charge in [-0.05, 0) is 46.1 Å². The lowest BCUT2D eigenvalue weighted by Gasteiger charge is -2.14. The summed E-state index contributed by atoms with van der Waals surface area (Å²) in [4.78, 5) is 14.4. The molecule has 24 heavy (non-hydrogen) atoms. The first-order chi connectivity index (χ1) is 11.5. The molecule has 0 amide bonds. The predicted molar refractivity (Wildman–Crippen MR) is 99.8 cm³/mol. The van der Waals surface area contributed by atoms with E-state index < -0.39 is 0 Å². The molecule has 126 valence electrons. The molecule has 2 N–H and O–H groups in total. The van der Waals surface area contributed by atoms with E-state index in [2.05, 4.69) is 35.1 Å². The standard InChI is InChI=1S/C18H18BrNO3S/c1-3-11-6-14-12(7-18(22)23-16(14)8-15(11)21)9-20(2)10-13-4-5-17(19)24-13/h4-8,21H,3,9-10H2,1-2H3/p+1. The number of quaternary nitrogens is 1. The molecule has 0 fully saturated rings. The molecule has 0 saturated heterocycles. The number of phenols is 1. The molecule has 4 nitrogen and oxygen atoms in total. The second kappa shape index (κ2) is 7.09. The number of nitrogens with one attached hydrogen (secondary N) is 1. The number of aryl methyl sites for hydroxylation is 1. The zero-order valence-corrected chi connectivity index (χ0v) is 16.0. The number of halogens is 1. The van der Waals surface area contributed by atoms with Crippen LogP contribution in [0.2, 0.25) is 0 Å². The van der Waals surface area contributed by atoms with Crippen LogP contribution >= 0.6 is 27.3 Å². The molecule has 0 aliphatic rings. The van der Waals surface area contributed by atoms with Crippen LogP contribution in [0.5, 0.6) is 5.75 Å². The highest BCUT2D eigenvalue weighted by Crippen LogP contribution is 2.26. The number of phenolic OH excluding ortho intramolecular Hbond substituents is 1. The van der Waals surface area contributed by atoms with Gasteiger partial charge in [-0.1, -0.05) is 6.92 Å². The lowest BCUT2D eigenvalue weighted by atomic mass is 10.0. The molecule has 1 aromatic carbocycles. The van der Waals surface area contributed by atoms with E-state index >= 15 is 0 Å². The molecule has 1 unspecified atom stereocenters. The van der Waals surface area contributed by atoms with Crippen LogP contribution in [0.3, 0.4) is 0 Å². The van der Waals surface area contributed by atoms with Crippen LogP contribution < -0.4 is 10.5 Å². The maximum atomic E-state index is 11.9. The van der Waals surface area contributed by atoms with Gasteiger partial charge in [-0.2, -0.15) is 0 Å². The van der Waals surface area contributed by atoms with E-state index in [4.69, 9.17) is 4.42 Å². The van der Waals surface area contributed by atoms with E-state index in [-0.39, 0.29) is 11.4 Å². The Kier molecular flexibility index (Phi) is 5.08. The van der Waals surface area contributed by atoms with Crippen LogP contribution in [0, 0.1) is 0 Å². The Bertz CT molecular complexity index is 932.